The highest BCUT2D eigenvalue weighted by molar-refractivity contribution is 7.92. The highest BCUT2D eigenvalue weighted by Crippen LogP contribution is 2.39. The van der Waals surface area contributed by atoms with Crippen LogP contribution in [-0.2, 0) is 24.8 Å². The van der Waals surface area contributed by atoms with E-state index in [4.69, 9.17) is 25.8 Å². The van der Waals surface area contributed by atoms with Crippen molar-refractivity contribution in [1.29, 1.82) is 0 Å². The first-order valence-corrected chi connectivity index (χ1v) is 16.5. The van der Waals surface area contributed by atoms with Crippen molar-refractivity contribution < 1.29 is 35.8 Å². The summed E-state index contributed by atoms with van der Waals surface area (Å²) in [5.74, 6) is 0.618. The number of nitrogens with one attached hydrogen (secondary N) is 1. The van der Waals surface area contributed by atoms with Gasteiger partial charge in [-0.2, -0.15) is 4.31 Å². The van der Waals surface area contributed by atoms with Gasteiger partial charge in [0.2, 0.25) is 10.0 Å². The number of sulfonamides is 2. The number of anilines is 1. The molecule has 1 amide bonds. The number of methoxy groups -OCH3 is 1. The van der Waals surface area contributed by atoms with Gasteiger partial charge < -0.3 is 19.5 Å². The van der Waals surface area contributed by atoms with Gasteiger partial charge >= 0.3 is 0 Å². The molecule has 3 aromatic rings. The fourth-order valence-electron chi connectivity index (χ4n) is 4.71. The lowest BCUT2D eigenvalue weighted by molar-refractivity contribution is -0.127. The second kappa shape index (κ2) is 12.4. The van der Waals surface area contributed by atoms with Gasteiger partial charge in [0.1, 0.15) is 23.9 Å². The Morgan fingerprint density at radius 2 is 1.55 bits per heavy atom. The Morgan fingerprint density at radius 3 is 2.19 bits per heavy atom. The molecule has 224 valence electrons. The molecule has 0 saturated carbocycles. The molecule has 0 spiro atoms. The zero-order valence-corrected chi connectivity index (χ0v) is 25.1. The number of amides is 1. The van der Waals surface area contributed by atoms with Crippen molar-refractivity contribution in [3.63, 3.8) is 0 Å². The standard InChI is InChI=1S/C28H30ClN3O8S2/c1-38-21-5-9-24(10-6-21)42(36,37)32-19-27(40-26-13-4-20(29)18-25(26)32)28(33)30-14-17-39-22-7-11-23(12-8-22)41(34,35)31-15-2-3-16-31/h4-13,18,27H,2-3,14-17,19H2,1H3,(H,30,33). The van der Waals surface area contributed by atoms with E-state index in [1.807, 2.05) is 0 Å². The van der Waals surface area contributed by atoms with Crippen LogP contribution < -0.4 is 23.8 Å². The predicted octanol–water partition coefficient (Wildman–Crippen LogP) is 3.28. The van der Waals surface area contributed by atoms with Crippen LogP contribution in [0.2, 0.25) is 5.02 Å². The lowest BCUT2D eigenvalue weighted by Gasteiger charge is -2.34. The van der Waals surface area contributed by atoms with Gasteiger partial charge in [0.15, 0.2) is 6.10 Å². The van der Waals surface area contributed by atoms with Gasteiger partial charge in [-0.15, -0.1) is 0 Å². The molecule has 1 saturated heterocycles. The smallest absolute Gasteiger partial charge is 0.264 e. The average molecular weight is 636 g/mol. The summed E-state index contributed by atoms with van der Waals surface area (Å²) in [5.41, 5.74) is 0.223. The van der Waals surface area contributed by atoms with Gasteiger partial charge in [0, 0.05) is 18.1 Å². The Labute approximate surface area is 250 Å². The van der Waals surface area contributed by atoms with Gasteiger partial charge in [-0.25, -0.2) is 16.8 Å². The summed E-state index contributed by atoms with van der Waals surface area (Å²) in [6, 6.07) is 16.6. The molecule has 1 fully saturated rings. The van der Waals surface area contributed by atoms with Crippen LogP contribution in [0.1, 0.15) is 12.8 Å². The van der Waals surface area contributed by atoms with E-state index in [0.29, 0.717) is 29.6 Å². The Morgan fingerprint density at radius 1 is 0.929 bits per heavy atom. The van der Waals surface area contributed by atoms with E-state index in [1.165, 1.54) is 59.9 Å². The minimum Gasteiger partial charge on any atom is -0.497 e. The van der Waals surface area contributed by atoms with Crippen molar-refractivity contribution in [2.24, 2.45) is 0 Å². The van der Waals surface area contributed by atoms with Crippen molar-refractivity contribution in [2.75, 3.05) is 44.2 Å². The van der Waals surface area contributed by atoms with E-state index in [9.17, 15) is 21.6 Å². The second-order valence-corrected chi connectivity index (χ2v) is 13.9. The zero-order valence-electron chi connectivity index (χ0n) is 22.7. The molecule has 2 heterocycles. The summed E-state index contributed by atoms with van der Waals surface area (Å²) in [4.78, 5) is 13.3. The molecule has 2 aliphatic rings. The van der Waals surface area contributed by atoms with Crippen molar-refractivity contribution >= 4 is 43.2 Å². The fraction of sp³-hybridized carbons (Fsp3) is 0.321. The van der Waals surface area contributed by atoms with E-state index >= 15 is 0 Å². The average Bonchev–Trinajstić information content (AvgIpc) is 3.55. The number of ether oxygens (including phenoxy) is 3. The number of halogens is 1. The van der Waals surface area contributed by atoms with Gasteiger partial charge in [0.05, 0.1) is 35.7 Å². The largest absolute Gasteiger partial charge is 0.497 e. The maximum atomic E-state index is 13.6. The van der Waals surface area contributed by atoms with Crippen LogP contribution in [0.5, 0.6) is 17.2 Å². The normalized spacial score (nSPS) is 17.3. The number of fused-ring (bicyclic) bond motifs is 1. The monoisotopic (exact) mass is 635 g/mol. The van der Waals surface area contributed by atoms with Crippen LogP contribution in [0.3, 0.4) is 0 Å². The maximum Gasteiger partial charge on any atom is 0.264 e. The molecule has 5 rings (SSSR count). The molecular weight excluding hydrogens is 606 g/mol. The van der Waals surface area contributed by atoms with Crippen LogP contribution >= 0.6 is 11.6 Å². The number of nitrogens with zero attached hydrogens (tertiary/aromatic N) is 2. The molecule has 1 unspecified atom stereocenters. The molecule has 0 aliphatic carbocycles. The van der Waals surface area contributed by atoms with Gasteiger partial charge in [-0.1, -0.05) is 11.6 Å². The van der Waals surface area contributed by atoms with E-state index in [1.54, 1.807) is 18.2 Å². The Hall–Kier alpha value is -3.52. The van der Waals surface area contributed by atoms with Gasteiger partial charge in [0.25, 0.3) is 15.9 Å². The maximum absolute atomic E-state index is 13.6. The third-order valence-corrected chi connectivity index (χ3v) is 10.9. The lowest BCUT2D eigenvalue weighted by atomic mass is 10.2. The third-order valence-electron chi connectivity index (χ3n) is 6.93. The van der Waals surface area contributed by atoms with Crippen molar-refractivity contribution in [3.8, 4) is 17.2 Å². The van der Waals surface area contributed by atoms with Crippen molar-refractivity contribution in [3.05, 3.63) is 71.8 Å². The topological polar surface area (TPSA) is 132 Å². The van der Waals surface area contributed by atoms with E-state index in [2.05, 4.69) is 5.32 Å². The van der Waals surface area contributed by atoms with Crippen LogP contribution in [0.15, 0.2) is 76.5 Å². The van der Waals surface area contributed by atoms with Crippen LogP contribution in [0.25, 0.3) is 0 Å². The minimum absolute atomic E-state index is 0.0166. The molecule has 1 N–H and O–H groups in total. The van der Waals surface area contributed by atoms with E-state index < -0.39 is 32.1 Å². The van der Waals surface area contributed by atoms with Gasteiger partial charge in [-0.3, -0.25) is 9.10 Å². The lowest BCUT2D eigenvalue weighted by Crippen LogP contribution is -2.51. The van der Waals surface area contributed by atoms with Crippen LogP contribution in [0, 0.1) is 0 Å². The number of carbonyl (C=O) groups is 1. The number of carbonyl (C=O) groups excluding carboxylic acids is 1. The van der Waals surface area contributed by atoms with E-state index in [-0.39, 0.29) is 40.9 Å². The predicted molar refractivity (Wildman–Crippen MR) is 156 cm³/mol. The molecule has 3 aromatic carbocycles. The Bertz CT molecular complexity index is 1640. The fourth-order valence-corrected chi connectivity index (χ4v) is 7.86. The van der Waals surface area contributed by atoms with Crippen LogP contribution in [-0.4, -0.2) is 73.0 Å². The van der Waals surface area contributed by atoms with E-state index in [0.717, 1.165) is 17.1 Å². The van der Waals surface area contributed by atoms with Gasteiger partial charge in [-0.05, 0) is 79.6 Å². The number of hydrogen-bond acceptors (Lipinski definition) is 8. The highest BCUT2D eigenvalue weighted by Gasteiger charge is 2.37. The number of benzene rings is 3. The summed E-state index contributed by atoms with van der Waals surface area (Å²) >= 11 is 6.15. The van der Waals surface area contributed by atoms with Crippen molar-refractivity contribution in [2.45, 2.75) is 28.7 Å². The SMILES string of the molecule is COc1ccc(S(=O)(=O)N2CC(C(=O)NCCOc3ccc(S(=O)(=O)N4CCCC4)cc3)Oc3ccc(Cl)cc32)cc1. The summed E-state index contributed by atoms with van der Waals surface area (Å²) in [5, 5.41) is 3.02. The van der Waals surface area contributed by atoms with Crippen molar-refractivity contribution in [1.82, 2.24) is 9.62 Å². The molecular formula is C28H30ClN3O8S2. The molecule has 2 aliphatic heterocycles. The summed E-state index contributed by atoms with van der Waals surface area (Å²) in [7, 11) is -6.11. The molecule has 11 nitrogen and oxygen atoms in total. The summed E-state index contributed by atoms with van der Waals surface area (Å²) in [6.45, 7) is 0.967. The third kappa shape index (κ3) is 6.28. The zero-order chi connectivity index (χ0) is 29.9. The molecule has 14 heteroatoms. The first-order chi connectivity index (χ1) is 20.1. The Balaban J connectivity index is 1.21. The Kier molecular flexibility index (Phi) is 8.83. The summed E-state index contributed by atoms with van der Waals surface area (Å²) < 4.78 is 71.8. The van der Waals surface area contributed by atoms with Crippen LogP contribution in [0.4, 0.5) is 5.69 Å². The number of hydrogen-bond donors (Lipinski definition) is 1. The first kappa shape index (κ1) is 30.0. The quantitative estimate of drug-likeness (QED) is 0.336. The molecule has 0 radical (unpaired) electrons. The molecule has 1 atom stereocenters. The second-order valence-electron chi connectivity index (χ2n) is 9.65. The summed E-state index contributed by atoms with van der Waals surface area (Å²) in [6.07, 6.45) is 0.576. The first-order valence-electron chi connectivity index (χ1n) is 13.2. The minimum atomic E-state index is -4.08. The molecule has 42 heavy (non-hydrogen) atoms. The molecule has 0 bridgehead atoms. The molecule has 0 aromatic heterocycles. The number of rotatable bonds is 10. The highest BCUT2D eigenvalue weighted by atomic mass is 35.5.